The smallest absolute Gasteiger partial charge is 0.407 e. The van der Waals surface area contributed by atoms with E-state index in [0.717, 1.165) is 12.8 Å². The molecule has 0 aromatic carbocycles. The molecule has 5 N–H and O–H groups in total. The van der Waals surface area contributed by atoms with Gasteiger partial charge in [0.05, 0.1) is 6.61 Å². The summed E-state index contributed by atoms with van der Waals surface area (Å²) in [7, 11) is 0. The van der Waals surface area contributed by atoms with Gasteiger partial charge in [-0.2, -0.15) is 19.6 Å². The Morgan fingerprint density at radius 2 is 1.43 bits per heavy atom. The lowest BCUT2D eigenvalue weighted by molar-refractivity contribution is -0.663. The standard InChI is InChI=1S/C27H47NO12/c1-25(2,3)17-6-10-26(11-7-17)37-39-27(40-38-26)12-8-18(9-13-27)28(24(33)34)14-4-5-15-35-23-22(32)21(31)20(30)19(16-29)36-23/h17-23,29-32H,4-16H2,1-3H3,(H,33,34)/t17?,18?,19-,20-,21+,22-,23-,26?,27?/m1/s1. The van der Waals surface area contributed by atoms with E-state index < -0.39 is 55.0 Å². The summed E-state index contributed by atoms with van der Waals surface area (Å²) in [6, 6.07) is -0.209. The van der Waals surface area contributed by atoms with Crippen molar-refractivity contribution in [3.8, 4) is 0 Å². The van der Waals surface area contributed by atoms with Crippen molar-refractivity contribution < 1.29 is 59.4 Å². The van der Waals surface area contributed by atoms with E-state index in [1.54, 1.807) is 0 Å². The van der Waals surface area contributed by atoms with Gasteiger partial charge in [-0.1, -0.05) is 20.8 Å². The molecule has 2 aliphatic heterocycles. The molecule has 2 heterocycles. The monoisotopic (exact) mass is 577 g/mol. The molecule has 0 aromatic rings. The Balaban J connectivity index is 1.17. The number of hydrogen-bond donors (Lipinski definition) is 5. The minimum Gasteiger partial charge on any atom is -0.465 e. The van der Waals surface area contributed by atoms with Gasteiger partial charge in [-0.05, 0) is 49.9 Å². The minimum absolute atomic E-state index is 0.137. The van der Waals surface area contributed by atoms with Crippen molar-refractivity contribution in [1.29, 1.82) is 0 Å². The van der Waals surface area contributed by atoms with Crippen molar-refractivity contribution in [3.63, 3.8) is 0 Å². The van der Waals surface area contributed by atoms with Crippen molar-refractivity contribution in [2.75, 3.05) is 19.8 Å². The van der Waals surface area contributed by atoms with Gasteiger partial charge in [-0.3, -0.25) is 0 Å². The number of amides is 1. The average molecular weight is 578 g/mol. The van der Waals surface area contributed by atoms with Crippen LogP contribution in [0, 0.1) is 11.3 Å². The predicted octanol–water partition coefficient (Wildman–Crippen LogP) is 2.04. The molecular weight excluding hydrogens is 530 g/mol. The van der Waals surface area contributed by atoms with Crippen LogP contribution < -0.4 is 0 Å². The van der Waals surface area contributed by atoms with Gasteiger partial charge in [0.1, 0.15) is 24.4 Å². The molecule has 2 saturated heterocycles. The quantitative estimate of drug-likeness (QED) is 0.210. The summed E-state index contributed by atoms with van der Waals surface area (Å²) < 4.78 is 10.8. The maximum atomic E-state index is 12.0. The Morgan fingerprint density at radius 3 is 1.93 bits per heavy atom. The van der Waals surface area contributed by atoms with E-state index in [0.29, 0.717) is 57.3 Å². The number of rotatable bonds is 8. The summed E-state index contributed by atoms with van der Waals surface area (Å²) in [6.45, 7) is 6.64. The van der Waals surface area contributed by atoms with E-state index in [1.165, 1.54) is 4.90 Å². The number of aliphatic hydroxyl groups excluding tert-OH is 4. The molecular formula is C27H47NO12. The summed E-state index contributed by atoms with van der Waals surface area (Å²) in [5, 5.41) is 48.9. The van der Waals surface area contributed by atoms with E-state index in [9.17, 15) is 30.3 Å². The van der Waals surface area contributed by atoms with E-state index in [2.05, 4.69) is 20.8 Å². The molecule has 0 bridgehead atoms. The van der Waals surface area contributed by atoms with Gasteiger partial charge >= 0.3 is 6.09 Å². The van der Waals surface area contributed by atoms with Crippen molar-refractivity contribution in [1.82, 2.24) is 4.90 Å². The molecule has 232 valence electrons. The third-order valence-corrected chi connectivity index (χ3v) is 8.99. The molecule has 40 heavy (non-hydrogen) atoms. The second-order valence-corrected chi connectivity index (χ2v) is 12.8. The zero-order chi connectivity index (χ0) is 29.1. The largest absolute Gasteiger partial charge is 0.465 e. The second-order valence-electron chi connectivity index (χ2n) is 12.8. The van der Waals surface area contributed by atoms with Crippen LogP contribution in [-0.2, 0) is 29.0 Å². The van der Waals surface area contributed by atoms with Crippen LogP contribution in [0.4, 0.5) is 4.79 Å². The Hall–Kier alpha value is -1.13. The molecule has 2 spiro atoms. The van der Waals surface area contributed by atoms with Gasteiger partial charge in [-0.15, -0.1) is 0 Å². The maximum Gasteiger partial charge on any atom is 0.407 e. The molecule has 2 saturated carbocycles. The summed E-state index contributed by atoms with van der Waals surface area (Å²) in [6.07, 6.45) is -1.45. The van der Waals surface area contributed by atoms with E-state index >= 15 is 0 Å². The number of hydrogen-bond acceptors (Lipinski definition) is 11. The topological polar surface area (TPSA) is 177 Å². The molecule has 0 aromatic heterocycles. The van der Waals surface area contributed by atoms with Crippen LogP contribution in [0.2, 0.25) is 0 Å². The van der Waals surface area contributed by atoms with Gasteiger partial charge in [-0.25, -0.2) is 4.79 Å². The summed E-state index contributed by atoms with van der Waals surface area (Å²) in [5.74, 6) is -1.33. The summed E-state index contributed by atoms with van der Waals surface area (Å²) in [5.41, 5.74) is 0.227. The summed E-state index contributed by atoms with van der Waals surface area (Å²) >= 11 is 0. The third kappa shape index (κ3) is 7.25. The van der Waals surface area contributed by atoms with Crippen LogP contribution in [-0.4, -0.2) is 105 Å². The van der Waals surface area contributed by atoms with Gasteiger partial charge in [0, 0.05) is 44.9 Å². The number of ether oxygens (including phenoxy) is 2. The van der Waals surface area contributed by atoms with Crippen LogP contribution >= 0.6 is 0 Å². The van der Waals surface area contributed by atoms with Crippen molar-refractivity contribution in [2.24, 2.45) is 11.3 Å². The fourth-order valence-corrected chi connectivity index (χ4v) is 6.17. The fourth-order valence-electron chi connectivity index (χ4n) is 6.17. The lowest BCUT2D eigenvalue weighted by Crippen LogP contribution is -2.59. The molecule has 0 radical (unpaired) electrons. The van der Waals surface area contributed by atoms with E-state index in [4.69, 9.17) is 29.0 Å². The van der Waals surface area contributed by atoms with Gasteiger partial charge < -0.3 is 39.9 Å². The zero-order valence-corrected chi connectivity index (χ0v) is 23.8. The van der Waals surface area contributed by atoms with E-state index in [1.807, 2.05) is 0 Å². The van der Waals surface area contributed by atoms with Gasteiger partial charge in [0.15, 0.2) is 6.29 Å². The average Bonchev–Trinajstić information content (AvgIpc) is 2.93. The molecule has 2 aliphatic carbocycles. The van der Waals surface area contributed by atoms with Crippen LogP contribution in [0.25, 0.3) is 0 Å². The molecule has 1 amide bonds. The Kier molecular flexibility index (Phi) is 10.4. The number of carbonyl (C=O) groups is 1. The highest BCUT2D eigenvalue weighted by molar-refractivity contribution is 5.65. The first-order valence-corrected chi connectivity index (χ1v) is 14.5. The third-order valence-electron chi connectivity index (χ3n) is 8.99. The molecule has 4 aliphatic rings. The highest BCUT2D eigenvalue weighted by Gasteiger charge is 2.53. The van der Waals surface area contributed by atoms with Crippen LogP contribution in [0.5, 0.6) is 0 Å². The molecule has 0 unspecified atom stereocenters. The molecule has 5 atom stereocenters. The highest BCUT2D eigenvalue weighted by atomic mass is 17.4. The molecule has 13 nitrogen and oxygen atoms in total. The second kappa shape index (κ2) is 13.0. The fraction of sp³-hybridized carbons (Fsp3) is 0.963. The molecule has 4 rings (SSSR count). The molecule has 4 fully saturated rings. The van der Waals surface area contributed by atoms with Crippen molar-refractivity contribution >= 4 is 6.09 Å². The van der Waals surface area contributed by atoms with E-state index in [-0.39, 0.29) is 24.6 Å². The van der Waals surface area contributed by atoms with Crippen LogP contribution in [0.15, 0.2) is 0 Å². The lowest BCUT2D eigenvalue weighted by Gasteiger charge is -2.49. The van der Waals surface area contributed by atoms with Gasteiger partial charge in [0.2, 0.25) is 11.6 Å². The molecule has 13 heteroatoms. The van der Waals surface area contributed by atoms with Gasteiger partial charge in [0.25, 0.3) is 0 Å². The normalized spacial score (nSPS) is 40.8. The lowest BCUT2D eigenvalue weighted by atomic mass is 9.71. The SMILES string of the molecule is CC(C)(C)C1CCC2(CC1)OOC1(CCC(N(CCCCO[C@@H]3O[C@H](CO)[C@@H](O)[C@H](O)[C@H]3O)C(=O)O)CC1)OO2. The number of aliphatic hydroxyl groups is 4. The van der Waals surface area contributed by atoms with Crippen molar-refractivity contribution in [2.45, 2.75) is 133 Å². The predicted molar refractivity (Wildman–Crippen MR) is 137 cm³/mol. The summed E-state index contributed by atoms with van der Waals surface area (Å²) in [4.78, 5) is 36.7. The van der Waals surface area contributed by atoms with Crippen LogP contribution in [0.3, 0.4) is 0 Å². The van der Waals surface area contributed by atoms with Crippen LogP contribution in [0.1, 0.15) is 85.0 Å². The zero-order valence-electron chi connectivity index (χ0n) is 23.8. The first kappa shape index (κ1) is 31.8. The number of carboxylic acid groups (broad SMARTS) is 1. The highest BCUT2D eigenvalue weighted by Crippen LogP contribution is 2.48. The maximum absolute atomic E-state index is 12.0. The minimum atomic E-state index is -1.50. The van der Waals surface area contributed by atoms with Crippen molar-refractivity contribution in [3.05, 3.63) is 0 Å². The number of unbranched alkanes of at least 4 members (excludes halogenated alkanes) is 1. The Bertz CT molecular complexity index is 807. The first-order chi connectivity index (χ1) is 18.9. The Morgan fingerprint density at radius 1 is 0.875 bits per heavy atom. The number of nitrogens with zero attached hydrogens (tertiary/aromatic N) is 1. The first-order valence-electron chi connectivity index (χ1n) is 14.5. The Labute approximate surface area is 235 Å².